The Morgan fingerprint density at radius 2 is 1.76 bits per heavy atom. The van der Waals surface area contributed by atoms with E-state index in [1.807, 2.05) is 12.1 Å². The number of rotatable bonds is 4. The first-order chi connectivity index (χ1) is 12.1. The molecule has 0 atom stereocenters. The van der Waals surface area contributed by atoms with Gasteiger partial charge in [0.15, 0.2) is 0 Å². The maximum absolute atomic E-state index is 12.3. The van der Waals surface area contributed by atoms with Crippen LogP contribution < -0.4 is 15.6 Å². The van der Waals surface area contributed by atoms with E-state index in [2.05, 4.69) is 36.7 Å². The lowest BCUT2D eigenvalue weighted by Gasteiger charge is -2.10. The van der Waals surface area contributed by atoms with Crippen molar-refractivity contribution in [3.8, 4) is 11.6 Å². The first-order valence-corrected chi connectivity index (χ1v) is 8.05. The van der Waals surface area contributed by atoms with Gasteiger partial charge in [0.2, 0.25) is 5.88 Å². The fraction of sp³-hybridized carbons (Fsp3) is 0. The minimum Gasteiger partial charge on any atom is -0.438 e. The molecule has 0 aliphatic heterocycles. The van der Waals surface area contributed by atoms with Gasteiger partial charge in [0.1, 0.15) is 17.0 Å². The summed E-state index contributed by atoms with van der Waals surface area (Å²) in [6.07, 6.45) is 3.13. The SMILES string of the molecule is O=C(NNC(=O)c1cccnc1Oc1ccc(Br)cc1)c1ccc[nH]1. The zero-order valence-corrected chi connectivity index (χ0v) is 14.4. The third kappa shape index (κ3) is 4.24. The van der Waals surface area contributed by atoms with Crippen molar-refractivity contribution in [2.24, 2.45) is 0 Å². The van der Waals surface area contributed by atoms with Gasteiger partial charge in [0.25, 0.3) is 11.8 Å². The maximum Gasteiger partial charge on any atom is 0.286 e. The molecule has 126 valence electrons. The van der Waals surface area contributed by atoms with Crippen molar-refractivity contribution in [3.05, 3.63) is 76.7 Å². The van der Waals surface area contributed by atoms with Gasteiger partial charge in [-0.1, -0.05) is 15.9 Å². The first kappa shape index (κ1) is 16.7. The smallest absolute Gasteiger partial charge is 0.286 e. The highest BCUT2D eigenvalue weighted by atomic mass is 79.9. The van der Waals surface area contributed by atoms with Crippen molar-refractivity contribution in [3.63, 3.8) is 0 Å². The Balaban J connectivity index is 1.70. The molecule has 0 saturated carbocycles. The average molecular weight is 401 g/mol. The van der Waals surface area contributed by atoms with Gasteiger partial charge in [-0.05, 0) is 48.5 Å². The number of pyridine rings is 1. The summed E-state index contributed by atoms with van der Waals surface area (Å²) in [5.74, 6) is -0.333. The number of aromatic amines is 1. The molecule has 0 aliphatic carbocycles. The molecule has 0 spiro atoms. The summed E-state index contributed by atoms with van der Waals surface area (Å²) >= 11 is 3.34. The lowest BCUT2D eigenvalue weighted by molar-refractivity contribution is 0.0842. The summed E-state index contributed by atoms with van der Waals surface area (Å²) in [5.41, 5.74) is 5.18. The Morgan fingerprint density at radius 1 is 1.00 bits per heavy atom. The molecular formula is C17H13BrN4O3. The van der Waals surface area contributed by atoms with Crippen LogP contribution in [0.25, 0.3) is 0 Å². The Labute approximate surface area is 151 Å². The van der Waals surface area contributed by atoms with E-state index in [1.165, 1.54) is 6.20 Å². The van der Waals surface area contributed by atoms with Gasteiger partial charge in [0, 0.05) is 16.9 Å². The number of aromatic nitrogens is 2. The molecule has 3 aromatic rings. The minimum absolute atomic E-state index is 0.136. The highest BCUT2D eigenvalue weighted by Crippen LogP contribution is 2.24. The Bertz CT molecular complexity index is 879. The molecule has 2 heterocycles. The monoisotopic (exact) mass is 400 g/mol. The number of amides is 2. The molecule has 0 radical (unpaired) electrons. The van der Waals surface area contributed by atoms with Crippen molar-refractivity contribution in [1.82, 2.24) is 20.8 Å². The number of hydrogen-bond donors (Lipinski definition) is 3. The zero-order valence-electron chi connectivity index (χ0n) is 12.8. The van der Waals surface area contributed by atoms with Crippen molar-refractivity contribution in [2.75, 3.05) is 0 Å². The van der Waals surface area contributed by atoms with Crippen LogP contribution in [0.15, 0.2) is 65.4 Å². The molecule has 0 bridgehead atoms. The normalized spacial score (nSPS) is 10.1. The predicted octanol–water partition coefficient (Wildman–Crippen LogP) is 3.04. The van der Waals surface area contributed by atoms with E-state index in [9.17, 15) is 9.59 Å². The number of halogens is 1. The molecule has 0 aliphatic rings. The summed E-state index contributed by atoms with van der Waals surface area (Å²) < 4.78 is 6.56. The topological polar surface area (TPSA) is 96.1 Å². The first-order valence-electron chi connectivity index (χ1n) is 7.26. The van der Waals surface area contributed by atoms with Crippen LogP contribution >= 0.6 is 15.9 Å². The largest absolute Gasteiger partial charge is 0.438 e. The van der Waals surface area contributed by atoms with Crippen LogP contribution in [0.4, 0.5) is 0 Å². The molecule has 0 saturated heterocycles. The fourth-order valence-corrected chi connectivity index (χ4v) is 2.24. The maximum atomic E-state index is 12.3. The number of ether oxygens (including phenoxy) is 1. The van der Waals surface area contributed by atoms with Gasteiger partial charge in [-0.15, -0.1) is 0 Å². The second kappa shape index (κ2) is 7.63. The van der Waals surface area contributed by atoms with E-state index < -0.39 is 11.8 Å². The summed E-state index contributed by atoms with van der Waals surface area (Å²) in [7, 11) is 0. The Hall–Kier alpha value is -3.13. The standard InChI is InChI=1S/C17H13BrN4O3/c18-11-5-7-12(8-6-11)25-17-13(3-1-10-20-17)15(23)21-22-16(24)14-4-2-9-19-14/h1-10,19H,(H,21,23)(H,22,24). The molecular weight excluding hydrogens is 388 g/mol. The number of hydrazine groups is 1. The lowest BCUT2D eigenvalue weighted by atomic mass is 10.2. The van der Waals surface area contributed by atoms with Crippen LogP contribution in [-0.4, -0.2) is 21.8 Å². The van der Waals surface area contributed by atoms with Crippen molar-refractivity contribution < 1.29 is 14.3 Å². The minimum atomic E-state index is -0.542. The number of H-pyrrole nitrogens is 1. The summed E-state index contributed by atoms with van der Waals surface area (Å²) in [5, 5.41) is 0. The number of benzene rings is 1. The highest BCUT2D eigenvalue weighted by molar-refractivity contribution is 9.10. The van der Waals surface area contributed by atoms with Gasteiger partial charge in [-0.3, -0.25) is 20.4 Å². The molecule has 3 N–H and O–H groups in total. The van der Waals surface area contributed by atoms with E-state index in [-0.39, 0.29) is 11.4 Å². The van der Waals surface area contributed by atoms with E-state index >= 15 is 0 Å². The van der Waals surface area contributed by atoms with Gasteiger partial charge < -0.3 is 9.72 Å². The number of nitrogens with one attached hydrogen (secondary N) is 3. The quantitative estimate of drug-likeness (QED) is 0.586. The molecule has 8 heteroatoms. The Morgan fingerprint density at radius 3 is 2.48 bits per heavy atom. The van der Waals surface area contributed by atoms with E-state index in [0.29, 0.717) is 11.4 Å². The number of nitrogens with zero attached hydrogens (tertiary/aromatic N) is 1. The number of carbonyl (C=O) groups excluding carboxylic acids is 2. The van der Waals surface area contributed by atoms with Gasteiger partial charge in [0.05, 0.1) is 0 Å². The van der Waals surface area contributed by atoms with E-state index in [1.54, 1.807) is 42.6 Å². The second-order valence-electron chi connectivity index (χ2n) is 4.90. The summed E-state index contributed by atoms with van der Waals surface area (Å²) in [6.45, 7) is 0. The van der Waals surface area contributed by atoms with Crippen LogP contribution in [0.2, 0.25) is 0 Å². The molecule has 25 heavy (non-hydrogen) atoms. The molecule has 0 fully saturated rings. The molecule has 0 unspecified atom stereocenters. The third-order valence-electron chi connectivity index (χ3n) is 3.18. The highest BCUT2D eigenvalue weighted by Gasteiger charge is 2.15. The zero-order chi connectivity index (χ0) is 17.6. The Kier molecular flexibility index (Phi) is 5.10. The van der Waals surface area contributed by atoms with Crippen molar-refractivity contribution >= 4 is 27.7 Å². The van der Waals surface area contributed by atoms with Gasteiger partial charge in [-0.2, -0.15) is 0 Å². The van der Waals surface area contributed by atoms with Crippen LogP contribution in [0.3, 0.4) is 0 Å². The molecule has 2 amide bonds. The fourth-order valence-electron chi connectivity index (χ4n) is 1.98. The predicted molar refractivity (Wildman–Crippen MR) is 94.2 cm³/mol. The summed E-state index contributed by atoms with van der Waals surface area (Å²) in [4.78, 5) is 31.0. The van der Waals surface area contributed by atoms with Gasteiger partial charge in [-0.25, -0.2) is 4.98 Å². The molecule has 2 aromatic heterocycles. The average Bonchev–Trinajstić information content (AvgIpc) is 3.16. The number of hydrogen-bond acceptors (Lipinski definition) is 4. The molecule has 1 aromatic carbocycles. The van der Waals surface area contributed by atoms with Gasteiger partial charge >= 0.3 is 0 Å². The van der Waals surface area contributed by atoms with Crippen LogP contribution in [0, 0.1) is 0 Å². The van der Waals surface area contributed by atoms with Crippen LogP contribution in [0.5, 0.6) is 11.6 Å². The second-order valence-corrected chi connectivity index (χ2v) is 5.82. The van der Waals surface area contributed by atoms with Crippen LogP contribution in [0.1, 0.15) is 20.8 Å². The van der Waals surface area contributed by atoms with Crippen molar-refractivity contribution in [2.45, 2.75) is 0 Å². The number of carbonyl (C=O) groups is 2. The molecule has 7 nitrogen and oxygen atoms in total. The van der Waals surface area contributed by atoms with E-state index in [0.717, 1.165) is 4.47 Å². The molecule has 3 rings (SSSR count). The lowest BCUT2D eigenvalue weighted by Crippen LogP contribution is -2.41. The van der Waals surface area contributed by atoms with Crippen molar-refractivity contribution in [1.29, 1.82) is 0 Å². The van der Waals surface area contributed by atoms with E-state index in [4.69, 9.17) is 4.74 Å². The third-order valence-corrected chi connectivity index (χ3v) is 3.70. The summed E-state index contributed by atoms with van der Waals surface area (Å²) in [6, 6.07) is 13.5. The van der Waals surface area contributed by atoms with Crippen LogP contribution in [-0.2, 0) is 0 Å².